The number of amides is 1. The van der Waals surface area contributed by atoms with Crippen LogP contribution in [0.1, 0.15) is 38.2 Å². The second-order valence-corrected chi connectivity index (χ2v) is 6.05. The number of hydrogen-bond acceptors (Lipinski definition) is 2. The van der Waals surface area contributed by atoms with E-state index >= 15 is 0 Å². The van der Waals surface area contributed by atoms with Gasteiger partial charge >= 0.3 is 0 Å². The fourth-order valence-corrected chi connectivity index (χ4v) is 2.88. The maximum absolute atomic E-state index is 12.8. The van der Waals surface area contributed by atoms with Crippen molar-refractivity contribution in [3.63, 3.8) is 0 Å². The van der Waals surface area contributed by atoms with Gasteiger partial charge in [-0.3, -0.25) is 4.79 Å². The Hall–Kier alpha value is -1.42. The van der Waals surface area contributed by atoms with E-state index in [1.807, 2.05) is 6.92 Å². The highest BCUT2D eigenvalue weighted by Crippen LogP contribution is 2.15. The highest BCUT2D eigenvalue weighted by atomic mass is 19.1. The first-order valence-corrected chi connectivity index (χ1v) is 7.88. The normalized spacial score (nSPS) is 20.0. The molecule has 2 N–H and O–H groups in total. The van der Waals surface area contributed by atoms with Crippen LogP contribution in [0.15, 0.2) is 24.3 Å². The lowest BCUT2D eigenvalue weighted by Crippen LogP contribution is -2.35. The summed E-state index contributed by atoms with van der Waals surface area (Å²) in [5, 5.41) is 6.40. The fraction of sp³-hybridized carbons (Fsp3) is 0.588. The molecule has 1 aromatic rings. The van der Waals surface area contributed by atoms with E-state index in [1.165, 1.54) is 25.0 Å². The number of halogens is 1. The van der Waals surface area contributed by atoms with E-state index in [0.717, 1.165) is 31.5 Å². The molecule has 1 aliphatic rings. The van der Waals surface area contributed by atoms with Gasteiger partial charge in [0, 0.05) is 12.5 Å². The van der Waals surface area contributed by atoms with Gasteiger partial charge in [-0.2, -0.15) is 0 Å². The topological polar surface area (TPSA) is 41.1 Å². The predicted molar refractivity (Wildman–Crippen MR) is 82.5 cm³/mol. The van der Waals surface area contributed by atoms with Crippen molar-refractivity contribution in [3.05, 3.63) is 35.6 Å². The Morgan fingerprint density at radius 3 is 2.86 bits per heavy atom. The van der Waals surface area contributed by atoms with Crippen LogP contribution >= 0.6 is 0 Å². The zero-order chi connectivity index (χ0) is 15.1. The molecular formula is C17H25FN2O. The monoisotopic (exact) mass is 292 g/mol. The lowest BCUT2D eigenvalue weighted by molar-refractivity contribution is -0.122. The van der Waals surface area contributed by atoms with Crippen LogP contribution in [0.2, 0.25) is 0 Å². The Morgan fingerprint density at radius 1 is 1.43 bits per heavy atom. The van der Waals surface area contributed by atoms with Crippen LogP contribution in [-0.2, 0) is 11.2 Å². The van der Waals surface area contributed by atoms with Crippen molar-refractivity contribution in [2.24, 2.45) is 5.92 Å². The molecule has 2 unspecified atom stereocenters. The molecule has 0 aromatic heterocycles. The maximum Gasteiger partial charge on any atom is 0.220 e. The highest BCUT2D eigenvalue weighted by Gasteiger charge is 2.15. The summed E-state index contributed by atoms with van der Waals surface area (Å²) in [7, 11) is 0. The molecule has 116 valence electrons. The van der Waals surface area contributed by atoms with E-state index in [9.17, 15) is 9.18 Å². The standard InChI is InChI=1S/C17H25FN2O/c1-13(11-14-4-7-16(18)8-5-14)20-17(21)9-6-15-3-2-10-19-12-15/h4-5,7-8,13,15,19H,2-3,6,9-12H2,1H3,(H,20,21). The average Bonchev–Trinajstić information content (AvgIpc) is 2.48. The van der Waals surface area contributed by atoms with Crippen LogP contribution in [0.5, 0.6) is 0 Å². The third-order valence-corrected chi connectivity index (χ3v) is 4.04. The first-order valence-electron chi connectivity index (χ1n) is 7.88. The molecule has 1 fully saturated rings. The first-order chi connectivity index (χ1) is 10.1. The number of benzene rings is 1. The number of carbonyl (C=O) groups excluding carboxylic acids is 1. The second-order valence-electron chi connectivity index (χ2n) is 6.05. The van der Waals surface area contributed by atoms with Crippen LogP contribution in [-0.4, -0.2) is 25.0 Å². The number of nitrogens with one attached hydrogen (secondary N) is 2. The quantitative estimate of drug-likeness (QED) is 0.846. The van der Waals surface area contributed by atoms with E-state index in [-0.39, 0.29) is 17.8 Å². The zero-order valence-electron chi connectivity index (χ0n) is 12.7. The van der Waals surface area contributed by atoms with Crippen molar-refractivity contribution in [1.82, 2.24) is 10.6 Å². The molecule has 1 amide bonds. The molecule has 0 aliphatic carbocycles. The third-order valence-electron chi connectivity index (χ3n) is 4.04. The average molecular weight is 292 g/mol. The third kappa shape index (κ3) is 5.84. The van der Waals surface area contributed by atoms with Gasteiger partial charge in [0.1, 0.15) is 5.82 Å². The molecule has 1 aromatic carbocycles. The summed E-state index contributed by atoms with van der Waals surface area (Å²) in [6.07, 6.45) is 4.73. The van der Waals surface area contributed by atoms with Crippen molar-refractivity contribution in [1.29, 1.82) is 0 Å². The number of hydrogen-bond donors (Lipinski definition) is 2. The second kappa shape index (κ2) is 8.13. The number of rotatable bonds is 6. The van der Waals surface area contributed by atoms with Crippen LogP contribution < -0.4 is 10.6 Å². The van der Waals surface area contributed by atoms with Gasteiger partial charge in [0.25, 0.3) is 0 Å². The van der Waals surface area contributed by atoms with Crippen molar-refractivity contribution < 1.29 is 9.18 Å². The maximum atomic E-state index is 12.8. The molecule has 0 bridgehead atoms. The lowest BCUT2D eigenvalue weighted by Gasteiger charge is -2.22. The van der Waals surface area contributed by atoms with Gasteiger partial charge in [-0.1, -0.05) is 12.1 Å². The molecule has 1 aliphatic heterocycles. The molecule has 1 saturated heterocycles. The van der Waals surface area contributed by atoms with Crippen molar-refractivity contribution in [2.45, 2.75) is 45.1 Å². The molecule has 21 heavy (non-hydrogen) atoms. The van der Waals surface area contributed by atoms with Crippen LogP contribution in [0.3, 0.4) is 0 Å². The lowest BCUT2D eigenvalue weighted by atomic mass is 9.94. The largest absolute Gasteiger partial charge is 0.353 e. The summed E-state index contributed by atoms with van der Waals surface area (Å²) < 4.78 is 12.8. The Kier molecular flexibility index (Phi) is 6.18. The molecule has 4 heteroatoms. The van der Waals surface area contributed by atoms with Gasteiger partial charge in [-0.15, -0.1) is 0 Å². The van der Waals surface area contributed by atoms with E-state index in [1.54, 1.807) is 12.1 Å². The SMILES string of the molecule is CC(Cc1ccc(F)cc1)NC(=O)CCC1CCCNC1. The molecule has 2 rings (SSSR count). The van der Waals surface area contributed by atoms with Gasteiger partial charge in [0.05, 0.1) is 0 Å². The summed E-state index contributed by atoms with van der Waals surface area (Å²) in [5.41, 5.74) is 1.04. The first kappa shape index (κ1) is 16.0. The molecule has 1 heterocycles. The van der Waals surface area contributed by atoms with Crippen molar-refractivity contribution in [2.75, 3.05) is 13.1 Å². The molecule has 0 spiro atoms. The highest BCUT2D eigenvalue weighted by molar-refractivity contribution is 5.76. The Labute approximate surface area is 126 Å². The molecule has 0 saturated carbocycles. The van der Waals surface area contributed by atoms with Crippen LogP contribution in [0.4, 0.5) is 4.39 Å². The molecular weight excluding hydrogens is 267 g/mol. The molecule has 3 nitrogen and oxygen atoms in total. The van der Waals surface area contributed by atoms with Crippen LogP contribution in [0, 0.1) is 11.7 Å². The minimum absolute atomic E-state index is 0.0763. The predicted octanol–water partition coefficient (Wildman–Crippen LogP) is 2.65. The summed E-state index contributed by atoms with van der Waals surface area (Å²) >= 11 is 0. The van der Waals surface area contributed by atoms with Gasteiger partial charge in [0.2, 0.25) is 5.91 Å². The zero-order valence-corrected chi connectivity index (χ0v) is 12.7. The van der Waals surface area contributed by atoms with E-state index in [2.05, 4.69) is 10.6 Å². The minimum atomic E-state index is -0.225. The van der Waals surface area contributed by atoms with Gasteiger partial charge < -0.3 is 10.6 Å². The minimum Gasteiger partial charge on any atom is -0.353 e. The van der Waals surface area contributed by atoms with E-state index < -0.39 is 0 Å². The van der Waals surface area contributed by atoms with Crippen LogP contribution in [0.25, 0.3) is 0 Å². The fourth-order valence-electron chi connectivity index (χ4n) is 2.88. The van der Waals surface area contributed by atoms with E-state index in [4.69, 9.17) is 0 Å². The summed E-state index contributed by atoms with van der Waals surface area (Å²) in [4.78, 5) is 11.9. The van der Waals surface area contributed by atoms with E-state index in [0.29, 0.717) is 12.3 Å². The van der Waals surface area contributed by atoms with Gasteiger partial charge in [-0.25, -0.2) is 4.39 Å². The molecule has 2 atom stereocenters. The van der Waals surface area contributed by atoms with Crippen molar-refractivity contribution >= 4 is 5.91 Å². The van der Waals surface area contributed by atoms with Gasteiger partial charge in [-0.05, 0) is 69.3 Å². The summed E-state index contributed by atoms with van der Waals surface area (Å²) in [6, 6.07) is 6.53. The number of carbonyl (C=O) groups is 1. The summed E-state index contributed by atoms with van der Waals surface area (Å²) in [5.74, 6) is 0.531. The Morgan fingerprint density at radius 2 is 2.19 bits per heavy atom. The summed E-state index contributed by atoms with van der Waals surface area (Å²) in [6.45, 7) is 4.14. The Bertz CT molecular complexity index is 441. The molecule has 0 radical (unpaired) electrons. The van der Waals surface area contributed by atoms with Crippen molar-refractivity contribution in [3.8, 4) is 0 Å². The van der Waals surface area contributed by atoms with Gasteiger partial charge in [0.15, 0.2) is 0 Å². The smallest absolute Gasteiger partial charge is 0.220 e. The Balaban J connectivity index is 1.67. The number of piperidine rings is 1.